The maximum absolute atomic E-state index is 11.2. The fraction of sp³-hybridized carbons (Fsp3) is 1.00. The predicted octanol–water partition coefficient (Wildman–Crippen LogP) is -0.425. The van der Waals surface area contributed by atoms with Crippen molar-refractivity contribution < 1.29 is 86.3 Å². The van der Waals surface area contributed by atoms with Gasteiger partial charge < -0.3 is 12.9 Å². The van der Waals surface area contributed by atoms with Crippen molar-refractivity contribution in [3.63, 3.8) is 0 Å². The zero-order valence-corrected chi connectivity index (χ0v) is 8.72. The van der Waals surface area contributed by atoms with E-state index in [0.717, 1.165) is 0 Å². The van der Waals surface area contributed by atoms with Crippen LogP contribution in [0.5, 0.6) is 0 Å². The molecule has 0 unspecified atom stereocenters. The molecule has 0 N–H and O–H groups in total. The number of halogens is 8. The van der Waals surface area contributed by atoms with Crippen LogP contribution in [-0.4, -0.2) is 19.0 Å². The van der Waals surface area contributed by atoms with Gasteiger partial charge in [-0.2, -0.15) is 13.2 Å². The first-order valence-electron chi connectivity index (χ1n) is 2.14. The van der Waals surface area contributed by atoms with Gasteiger partial charge in [0.2, 0.25) is 0 Å². The van der Waals surface area contributed by atoms with Crippen LogP contribution >= 0.6 is 0 Å². The van der Waals surface area contributed by atoms with Crippen molar-refractivity contribution in [2.24, 2.45) is 0 Å². The molecule has 0 rings (SSSR count). The van der Waals surface area contributed by atoms with Gasteiger partial charge in [-0.05, 0) is 0 Å². The maximum atomic E-state index is 11.2. The van der Waals surface area contributed by atoms with Crippen LogP contribution in [0.15, 0.2) is 0 Å². The first-order chi connectivity index (χ1) is 4.50. The van der Waals surface area contributed by atoms with Crippen molar-refractivity contribution in [1.29, 1.82) is 0 Å². The molecule has 0 saturated carbocycles. The quantitative estimate of drug-likeness (QED) is 0.420. The second-order valence-electron chi connectivity index (χ2n) is 1.70. The van der Waals surface area contributed by atoms with E-state index in [1.807, 2.05) is 0 Å². The minimum absolute atomic E-state index is 0. The van der Waals surface area contributed by atoms with Gasteiger partial charge in [0, 0.05) is 0 Å². The molecular formula is C2BF8K. The average molecular weight is 226 g/mol. The van der Waals surface area contributed by atoms with Crippen LogP contribution in [0.3, 0.4) is 0 Å². The molecule has 0 aromatic carbocycles. The summed E-state index contributed by atoms with van der Waals surface area (Å²) in [5.41, 5.74) is 0. The predicted molar refractivity (Wildman–Crippen MR) is 20.1 cm³/mol. The Morgan fingerprint density at radius 1 is 0.750 bits per heavy atom. The average Bonchev–Trinajstić information content (AvgIpc) is 1.58. The second kappa shape index (κ2) is 4.11. The van der Waals surface area contributed by atoms with Crippen molar-refractivity contribution in [2.75, 3.05) is 0 Å². The van der Waals surface area contributed by atoms with E-state index in [9.17, 15) is 34.9 Å². The summed E-state index contributed by atoms with van der Waals surface area (Å²) in [6.45, 7) is -7.21. The molecule has 0 aliphatic carbocycles. The Morgan fingerprint density at radius 2 is 1.00 bits per heavy atom. The van der Waals surface area contributed by atoms with E-state index in [1.54, 1.807) is 0 Å². The van der Waals surface area contributed by atoms with Gasteiger partial charge in [0.05, 0.1) is 0 Å². The van der Waals surface area contributed by atoms with E-state index in [-0.39, 0.29) is 51.4 Å². The largest absolute Gasteiger partial charge is 1.00 e. The van der Waals surface area contributed by atoms with E-state index < -0.39 is 19.0 Å². The van der Waals surface area contributed by atoms with Crippen LogP contribution in [0.1, 0.15) is 0 Å². The van der Waals surface area contributed by atoms with Crippen LogP contribution in [0, 0.1) is 0 Å². The van der Waals surface area contributed by atoms with Gasteiger partial charge in [-0.15, -0.1) is 0 Å². The number of alkyl halides is 5. The fourth-order valence-corrected chi connectivity index (χ4v) is 0.186. The molecule has 0 amide bonds. The second-order valence-corrected chi connectivity index (χ2v) is 1.70. The van der Waals surface area contributed by atoms with Crippen LogP contribution < -0.4 is 51.4 Å². The Labute approximate surface area is 104 Å². The summed E-state index contributed by atoms with van der Waals surface area (Å²) in [5, 5.41) is 0. The van der Waals surface area contributed by atoms with Gasteiger partial charge in [0.15, 0.2) is 0 Å². The molecule has 0 aliphatic heterocycles. The molecule has 0 aromatic heterocycles. The summed E-state index contributed by atoms with van der Waals surface area (Å²) in [4.78, 5) is 0. The minimum Gasteiger partial charge on any atom is -0.445 e. The van der Waals surface area contributed by atoms with E-state index in [0.29, 0.717) is 0 Å². The molecule has 0 bridgehead atoms. The van der Waals surface area contributed by atoms with Gasteiger partial charge in [-0.3, -0.25) is 0 Å². The van der Waals surface area contributed by atoms with E-state index >= 15 is 0 Å². The third kappa shape index (κ3) is 3.13. The third-order valence-corrected chi connectivity index (χ3v) is 0.789. The molecule has 10 heteroatoms. The SMILES string of the molecule is F[B-](F)(F)C(F)(F)C(F)(F)F.[K+]. The molecule has 0 saturated heterocycles. The Morgan fingerprint density at radius 3 is 1.00 bits per heavy atom. The van der Waals surface area contributed by atoms with Gasteiger partial charge >= 0.3 is 70.4 Å². The Bertz CT molecular complexity index is 128. The molecule has 12 heavy (non-hydrogen) atoms. The summed E-state index contributed by atoms with van der Waals surface area (Å²) in [5.74, 6) is -6.56. The monoisotopic (exact) mass is 226 g/mol. The number of hydrogen-bond acceptors (Lipinski definition) is 0. The molecule has 0 heterocycles. The molecule has 0 aliphatic rings. The molecule has 0 aromatic rings. The summed E-state index contributed by atoms with van der Waals surface area (Å²) in [6.07, 6.45) is -6.55. The van der Waals surface area contributed by atoms with E-state index in [4.69, 9.17) is 0 Å². The smallest absolute Gasteiger partial charge is 0.445 e. The van der Waals surface area contributed by atoms with Crippen molar-refractivity contribution in [1.82, 2.24) is 0 Å². The molecule has 0 nitrogen and oxygen atoms in total. The first kappa shape index (κ1) is 15.6. The summed E-state index contributed by atoms with van der Waals surface area (Å²) < 4.78 is 87.8. The van der Waals surface area contributed by atoms with Crippen molar-refractivity contribution in [3.05, 3.63) is 0 Å². The van der Waals surface area contributed by atoms with Crippen molar-refractivity contribution >= 4 is 6.98 Å². The third-order valence-electron chi connectivity index (χ3n) is 0.789. The normalized spacial score (nSPS) is 14.0. The number of hydrogen-bond donors (Lipinski definition) is 0. The maximum Gasteiger partial charge on any atom is 1.00 e. The van der Waals surface area contributed by atoms with Crippen LogP contribution in [0.2, 0.25) is 0 Å². The van der Waals surface area contributed by atoms with Gasteiger partial charge in [0.1, 0.15) is 0 Å². The Kier molecular flexibility index (Phi) is 5.35. The van der Waals surface area contributed by atoms with Gasteiger partial charge in [0.25, 0.3) is 0 Å². The standard InChI is InChI=1S/C2BF8.K/c4-1(5,2(6,7)8)3(9,10)11;/q-1;+1. The Balaban J connectivity index is 0. The molecule has 0 fully saturated rings. The summed E-state index contributed by atoms with van der Waals surface area (Å²) in [7, 11) is 0. The minimum atomic E-state index is -7.21. The summed E-state index contributed by atoms with van der Waals surface area (Å²) in [6, 6.07) is 0. The topological polar surface area (TPSA) is 0 Å². The number of rotatable bonds is 1. The van der Waals surface area contributed by atoms with Crippen molar-refractivity contribution in [3.8, 4) is 0 Å². The van der Waals surface area contributed by atoms with Crippen LogP contribution in [-0.2, 0) is 0 Å². The van der Waals surface area contributed by atoms with Crippen LogP contribution in [0.25, 0.3) is 0 Å². The Hall–Kier alpha value is 1.14. The van der Waals surface area contributed by atoms with Gasteiger partial charge in [-0.1, -0.05) is 0 Å². The first-order valence-corrected chi connectivity index (χ1v) is 2.14. The molecule has 0 spiro atoms. The van der Waals surface area contributed by atoms with Crippen LogP contribution in [0.4, 0.5) is 34.9 Å². The molecule has 0 atom stereocenters. The van der Waals surface area contributed by atoms with E-state index in [2.05, 4.69) is 0 Å². The molecular weight excluding hydrogens is 226 g/mol. The fourth-order valence-electron chi connectivity index (χ4n) is 0.186. The zero-order chi connectivity index (χ0) is 9.50. The molecule has 0 radical (unpaired) electrons. The van der Waals surface area contributed by atoms with Crippen molar-refractivity contribution in [2.45, 2.75) is 12.0 Å². The van der Waals surface area contributed by atoms with E-state index in [1.165, 1.54) is 0 Å². The molecule has 68 valence electrons. The zero-order valence-electron chi connectivity index (χ0n) is 5.60. The van der Waals surface area contributed by atoms with Gasteiger partial charge in [-0.25, -0.2) is 8.78 Å². The summed E-state index contributed by atoms with van der Waals surface area (Å²) >= 11 is 0.